The van der Waals surface area contributed by atoms with Crippen LogP contribution in [0.3, 0.4) is 0 Å². The molecule has 1 aliphatic heterocycles. The number of hydrogen-bond donors (Lipinski definition) is 3. The third kappa shape index (κ3) is 3.88. The highest BCUT2D eigenvalue weighted by atomic mass is 16.2. The van der Waals surface area contributed by atoms with E-state index in [9.17, 15) is 9.59 Å². The number of anilines is 2. The number of carbonyl (C=O) groups is 2. The number of rotatable bonds is 2. The third-order valence-electron chi connectivity index (χ3n) is 3.44. The van der Waals surface area contributed by atoms with E-state index in [1.165, 1.54) is 0 Å². The molecule has 0 bridgehead atoms. The molecule has 0 aliphatic carbocycles. The highest BCUT2D eigenvalue weighted by Gasteiger charge is 2.21. The molecule has 1 aliphatic rings. The number of nitrogens with one attached hydrogen (secondary N) is 2. The number of amides is 3. The number of hydrogen-bond acceptors (Lipinski definition) is 3. The first kappa shape index (κ1) is 14.2. The predicted octanol–water partition coefficient (Wildman–Crippen LogP) is 1.40. The Morgan fingerprint density at radius 2 is 1.80 bits per heavy atom. The van der Waals surface area contributed by atoms with Gasteiger partial charge in [-0.25, -0.2) is 4.79 Å². The Morgan fingerprint density at radius 1 is 1.20 bits per heavy atom. The van der Waals surface area contributed by atoms with Crippen LogP contribution in [0.5, 0.6) is 0 Å². The van der Waals surface area contributed by atoms with E-state index >= 15 is 0 Å². The molecule has 0 saturated carbocycles. The molecule has 1 aromatic carbocycles. The molecule has 6 heteroatoms. The molecule has 0 atom stereocenters. The summed E-state index contributed by atoms with van der Waals surface area (Å²) < 4.78 is 0. The van der Waals surface area contributed by atoms with Crippen molar-refractivity contribution in [2.24, 2.45) is 0 Å². The zero-order valence-electron chi connectivity index (χ0n) is 11.6. The smallest absolute Gasteiger partial charge is 0.319 e. The van der Waals surface area contributed by atoms with Gasteiger partial charge in [0.25, 0.3) is 0 Å². The Balaban J connectivity index is 1.78. The summed E-state index contributed by atoms with van der Waals surface area (Å²) in [5.41, 5.74) is 6.95. The molecule has 0 radical (unpaired) electrons. The van der Waals surface area contributed by atoms with Crippen LogP contribution in [-0.2, 0) is 4.79 Å². The highest BCUT2D eigenvalue weighted by Crippen LogP contribution is 2.12. The lowest BCUT2D eigenvalue weighted by Crippen LogP contribution is -2.47. The fourth-order valence-corrected chi connectivity index (χ4v) is 2.26. The summed E-state index contributed by atoms with van der Waals surface area (Å²) in [4.78, 5) is 24.9. The van der Waals surface area contributed by atoms with Gasteiger partial charge >= 0.3 is 6.03 Å². The topological polar surface area (TPSA) is 87.5 Å². The predicted molar refractivity (Wildman–Crippen MR) is 78.3 cm³/mol. The van der Waals surface area contributed by atoms with Gasteiger partial charge in [-0.3, -0.25) is 4.79 Å². The molecule has 0 unspecified atom stereocenters. The Hall–Kier alpha value is -2.24. The van der Waals surface area contributed by atoms with Crippen molar-refractivity contribution >= 4 is 23.3 Å². The summed E-state index contributed by atoms with van der Waals surface area (Å²) in [5.74, 6) is 0.0924. The van der Waals surface area contributed by atoms with Crippen molar-refractivity contribution < 1.29 is 9.59 Å². The number of urea groups is 1. The molecular formula is C14H20N4O2. The van der Waals surface area contributed by atoms with Crippen LogP contribution >= 0.6 is 0 Å². The molecule has 20 heavy (non-hydrogen) atoms. The number of carbonyl (C=O) groups excluding carboxylic acids is 2. The van der Waals surface area contributed by atoms with E-state index in [1.54, 1.807) is 36.1 Å². The summed E-state index contributed by atoms with van der Waals surface area (Å²) in [7, 11) is 0. The van der Waals surface area contributed by atoms with Gasteiger partial charge in [0, 0.05) is 37.4 Å². The SMILES string of the molecule is CC(=O)N1CCC(NC(=O)Nc2ccc(N)cc2)CC1. The fraction of sp³-hybridized carbons (Fsp3) is 0.429. The zero-order valence-corrected chi connectivity index (χ0v) is 11.6. The lowest BCUT2D eigenvalue weighted by Gasteiger charge is -2.31. The van der Waals surface area contributed by atoms with E-state index in [2.05, 4.69) is 10.6 Å². The van der Waals surface area contributed by atoms with Gasteiger partial charge in [-0.05, 0) is 37.1 Å². The second-order valence-electron chi connectivity index (χ2n) is 5.00. The van der Waals surface area contributed by atoms with Crippen molar-refractivity contribution in [3.05, 3.63) is 24.3 Å². The standard InChI is InChI=1S/C14H20N4O2/c1-10(19)18-8-6-13(7-9-18)17-14(20)16-12-4-2-11(15)3-5-12/h2-5,13H,6-9,15H2,1H3,(H2,16,17,20). The monoisotopic (exact) mass is 276 g/mol. The van der Waals surface area contributed by atoms with Crippen molar-refractivity contribution in [3.63, 3.8) is 0 Å². The van der Waals surface area contributed by atoms with E-state index in [-0.39, 0.29) is 18.0 Å². The van der Waals surface area contributed by atoms with Crippen LogP contribution in [0.25, 0.3) is 0 Å². The largest absolute Gasteiger partial charge is 0.399 e. The average Bonchev–Trinajstić information content (AvgIpc) is 2.42. The first-order chi connectivity index (χ1) is 9.54. The van der Waals surface area contributed by atoms with Crippen LogP contribution in [0.15, 0.2) is 24.3 Å². The summed E-state index contributed by atoms with van der Waals surface area (Å²) in [6.07, 6.45) is 1.57. The Kier molecular flexibility index (Phi) is 4.45. The molecule has 1 saturated heterocycles. The summed E-state index contributed by atoms with van der Waals surface area (Å²) in [5, 5.41) is 5.69. The quantitative estimate of drug-likeness (QED) is 0.713. The molecule has 1 aromatic rings. The van der Waals surface area contributed by atoms with Crippen molar-refractivity contribution in [2.45, 2.75) is 25.8 Å². The number of nitrogens with zero attached hydrogens (tertiary/aromatic N) is 1. The highest BCUT2D eigenvalue weighted by molar-refractivity contribution is 5.89. The normalized spacial score (nSPS) is 15.8. The molecular weight excluding hydrogens is 256 g/mol. The molecule has 108 valence electrons. The fourth-order valence-electron chi connectivity index (χ4n) is 2.26. The molecule has 2 rings (SSSR count). The van der Waals surface area contributed by atoms with Gasteiger partial charge in [0.15, 0.2) is 0 Å². The minimum Gasteiger partial charge on any atom is -0.399 e. The van der Waals surface area contributed by atoms with Crippen LogP contribution in [0, 0.1) is 0 Å². The van der Waals surface area contributed by atoms with E-state index < -0.39 is 0 Å². The zero-order chi connectivity index (χ0) is 14.5. The van der Waals surface area contributed by atoms with Crippen LogP contribution in [0.4, 0.5) is 16.2 Å². The first-order valence-corrected chi connectivity index (χ1v) is 6.73. The van der Waals surface area contributed by atoms with Gasteiger partial charge in [-0.1, -0.05) is 0 Å². The maximum atomic E-state index is 11.8. The van der Waals surface area contributed by atoms with Crippen LogP contribution in [0.1, 0.15) is 19.8 Å². The number of nitrogens with two attached hydrogens (primary N) is 1. The maximum Gasteiger partial charge on any atom is 0.319 e. The van der Waals surface area contributed by atoms with Gasteiger partial charge in [-0.15, -0.1) is 0 Å². The molecule has 3 amide bonds. The Bertz CT molecular complexity index is 478. The minimum absolute atomic E-state index is 0.0924. The number of nitrogen functional groups attached to an aromatic ring is 1. The van der Waals surface area contributed by atoms with E-state index in [0.29, 0.717) is 24.5 Å². The van der Waals surface area contributed by atoms with Gasteiger partial charge in [-0.2, -0.15) is 0 Å². The molecule has 1 heterocycles. The van der Waals surface area contributed by atoms with Gasteiger partial charge in [0.05, 0.1) is 0 Å². The lowest BCUT2D eigenvalue weighted by molar-refractivity contribution is -0.129. The molecule has 0 aromatic heterocycles. The van der Waals surface area contributed by atoms with Gasteiger partial charge in [0.1, 0.15) is 0 Å². The van der Waals surface area contributed by atoms with Gasteiger partial charge in [0.2, 0.25) is 5.91 Å². The Morgan fingerprint density at radius 3 is 2.35 bits per heavy atom. The van der Waals surface area contributed by atoms with Crippen molar-refractivity contribution in [1.29, 1.82) is 0 Å². The average molecular weight is 276 g/mol. The van der Waals surface area contributed by atoms with E-state index in [1.807, 2.05) is 0 Å². The third-order valence-corrected chi connectivity index (χ3v) is 3.44. The maximum absolute atomic E-state index is 11.8. The summed E-state index contributed by atoms with van der Waals surface area (Å²) >= 11 is 0. The lowest BCUT2D eigenvalue weighted by atomic mass is 10.1. The van der Waals surface area contributed by atoms with Crippen molar-refractivity contribution in [3.8, 4) is 0 Å². The van der Waals surface area contributed by atoms with Crippen LogP contribution in [-0.4, -0.2) is 36.0 Å². The van der Waals surface area contributed by atoms with Crippen molar-refractivity contribution in [2.75, 3.05) is 24.1 Å². The second-order valence-corrected chi connectivity index (χ2v) is 5.00. The summed E-state index contributed by atoms with van der Waals surface area (Å²) in [6, 6.07) is 6.87. The Labute approximate surface area is 118 Å². The number of likely N-dealkylation sites (tertiary alicyclic amines) is 1. The minimum atomic E-state index is -0.226. The molecule has 0 spiro atoms. The summed E-state index contributed by atoms with van der Waals surface area (Å²) in [6.45, 7) is 2.96. The van der Waals surface area contributed by atoms with Crippen LogP contribution < -0.4 is 16.4 Å². The van der Waals surface area contributed by atoms with E-state index in [0.717, 1.165) is 12.8 Å². The van der Waals surface area contributed by atoms with E-state index in [4.69, 9.17) is 5.73 Å². The number of piperidine rings is 1. The second kappa shape index (κ2) is 6.27. The molecule has 6 nitrogen and oxygen atoms in total. The van der Waals surface area contributed by atoms with Gasteiger partial charge < -0.3 is 21.3 Å². The van der Waals surface area contributed by atoms with Crippen LogP contribution in [0.2, 0.25) is 0 Å². The molecule has 1 fully saturated rings. The molecule has 4 N–H and O–H groups in total. The number of benzene rings is 1. The van der Waals surface area contributed by atoms with Crippen molar-refractivity contribution in [1.82, 2.24) is 10.2 Å². The first-order valence-electron chi connectivity index (χ1n) is 6.73.